The van der Waals surface area contributed by atoms with Crippen molar-refractivity contribution in [2.24, 2.45) is 0 Å². The Labute approximate surface area is 132 Å². The van der Waals surface area contributed by atoms with E-state index in [0.29, 0.717) is 5.75 Å². The minimum Gasteiger partial charge on any atom is -0.399 e. The van der Waals surface area contributed by atoms with Crippen molar-refractivity contribution >= 4 is 17.7 Å². The summed E-state index contributed by atoms with van der Waals surface area (Å²) in [7, 11) is 0. The molecule has 0 aliphatic carbocycles. The van der Waals surface area contributed by atoms with Crippen molar-refractivity contribution in [1.82, 2.24) is 9.80 Å². The summed E-state index contributed by atoms with van der Waals surface area (Å²) in [5, 5.41) is 0. The van der Waals surface area contributed by atoms with E-state index >= 15 is 0 Å². The number of nitrogens with zero attached hydrogens (tertiary/aromatic N) is 2. The van der Waals surface area contributed by atoms with Crippen LogP contribution in [0, 0.1) is 0 Å². The highest BCUT2D eigenvalue weighted by Crippen LogP contribution is 2.34. The lowest BCUT2D eigenvalue weighted by Crippen LogP contribution is -2.46. The zero-order chi connectivity index (χ0) is 16.2. The van der Waals surface area contributed by atoms with Crippen molar-refractivity contribution in [2.45, 2.75) is 12.7 Å². The maximum Gasteiger partial charge on any atom is 0.416 e. The lowest BCUT2D eigenvalue weighted by molar-refractivity contribution is -0.138. The number of alkyl halides is 3. The molecule has 8 heteroatoms. The molecular weight excluding hydrogens is 315 g/mol. The van der Waals surface area contributed by atoms with Gasteiger partial charge in [0.25, 0.3) is 0 Å². The number of halogens is 3. The van der Waals surface area contributed by atoms with Crippen molar-refractivity contribution in [3.8, 4) is 0 Å². The third kappa shape index (κ3) is 4.77. The number of nitrogen functional groups attached to an aromatic ring is 1. The Bertz CT molecular complexity index is 491. The van der Waals surface area contributed by atoms with Crippen molar-refractivity contribution in [1.29, 1.82) is 0 Å². The predicted octanol–water partition coefficient (Wildman–Crippen LogP) is 2.61. The molecule has 4 nitrogen and oxygen atoms in total. The first-order valence-electron chi connectivity index (χ1n) is 7.07. The molecule has 0 bridgehead atoms. The third-order valence-corrected chi connectivity index (χ3v) is 4.16. The highest BCUT2D eigenvalue weighted by atomic mass is 32.2. The summed E-state index contributed by atoms with van der Waals surface area (Å²) in [6.45, 7) is 4.12. The van der Waals surface area contributed by atoms with E-state index in [-0.39, 0.29) is 17.8 Å². The van der Waals surface area contributed by atoms with E-state index in [1.165, 1.54) is 12.1 Å². The fourth-order valence-electron chi connectivity index (χ4n) is 2.58. The molecule has 1 saturated heterocycles. The number of nitrogens with two attached hydrogens (primary N) is 1. The zero-order valence-corrected chi connectivity index (χ0v) is 13.0. The van der Waals surface area contributed by atoms with Crippen molar-refractivity contribution < 1.29 is 17.7 Å². The van der Waals surface area contributed by atoms with E-state index in [2.05, 4.69) is 4.90 Å². The van der Waals surface area contributed by atoms with Crippen LogP contribution in [0.5, 0.6) is 0 Å². The van der Waals surface area contributed by atoms with Gasteiger partial charge in [0.15, 0.2) is 0 Å². The first kappa shape index (κ1) is 17.4. The van der Waals surface area contributed by atoms with Gasteiger partial charge in [-0.15, -0.1) is 0 Å². The van der Waals surface area contributed by atoms with Crippen LogP contribution in [0.25, 0.3) is 0 Å². The fraction of sp³-hybridized carbons (Fsp3) is 0.571. The number of anilines is 1. The van der Waals surface area contributed by atoms with Gasteiger partial charge < -0.3 is 10.3 Å². The summed E-state index contributed by atoms with van der Waals surface area (Å²) < 4.78 is 48.0. The van der Waals surface area contributed by atoms with Gasteiger partial charge in [-0.25, -0.2) is 0 Å². The van der Waals surface area contributed by atoms with Crippen molar-refractivity contribution in [3.63, 3.8) is 0 Å². The maximum absolute atomic E-state index is 13.1. The number of hydrogen-bond donors (Lipinski definition) is 2. The van der Waals surface area contributed by atoms with Crippen molar-refractivity contribution in [2.75, 3.05) is 44.2 Å². The van der Waals surface area contributed by atoms with E-state index < -0.39 is 11.7 Å². The molecule has 0 spiro atoms. The van der Waals surface area contributed by atoms with Gasteiger partial charge >= 0.3 is 6.18 Å². The first-order valence-corrected chi connectivity index (χ1v) is 8.01. The summed E-state index contributed by atoms with van der Waals surface area (Å²) in [5.74, 6) is 0.649. The molecule has 1 aromatic rings. The van der Waals surface area contributed by atoms with Crippen LogP contribution >= 0.6 is 12.0 Å². The molecule has 1 fully saturated rings. The van der Waals surface area contributed by atoms with Crippen molar-refractivity contribution in [3.05, 3.63) is 29.3 Å². The molecule has 22 heavy (non-hydrogen) atoms. The highest BCUT2D eigenvalue weighted by molar-refractivity contribution is 7.93. The lowest BCUT2D eigenvalue weighted by atomic mass is 10.1. The lowest BCUT2D eigenvalue weighted by Gasteiger charge is -2.34. The van der Waals surface area contributed by atoms with Crippen LogP contribution in [0.3, 0.4) is 0 Å². The van der Waals surface area contributed by atoms with Crippen LogP contribution in [0.15, 0.2) is 18.2 Å². The topological polar surface area (TPSA) is 52.7 Å². The Morgan fingerprint density at radius 2 is 1.77 bits per heavy atom. The first-order chi connectivity index (χ1) is 10.4. The van der Waals surface area contributed by atoms with Crippen LogP contribution in [-0.4, -0.2) is 52.8 Å². The molecule has 3 N–H and O–H groups in total. The summed E-state index contributed by atoms with van der Waals surface area (Å²) in [6.07, 6.45) is -4.38. The molecule has 0 atom stereocenters. The molecule has 2 rings (SSSR count). The Morgan fingerprint density at radius 1 is 1.14 bits per heavy atom. The number of rotatable bonds is 5. The highest BCUT2D eigenvalue weighted by Gasteiger charge is 2.34. The predicted molar refractivity (Wildman–Crippen MR) is 82.7 cm³/mol. The van der Waals surface area contributed by atoms with Gasteiger partial charge in [0.05, 0.1) is 5.56 Å². The smallest absolute Gasteiger partial charge is 0.399 e. The molecule has 124 valence electrons. The molecule has 1 aliphatic rings. The van der Waals surface area contributed by atoms with Gasteiger partial charge in [-0.3, -0.25) is 9.80 Å². The second-order valence-electron chi connectivity index (χ2n) is 5.37. The van der Waals surface area contributed by atoms with Gasteiger partial charge in [-0.2, -0.15) is 13.2 Å². The standard InChI is InChI=1S/C14H20F3N3OS/c15-14(16,17)13-9-12(18)2-1-11(13)10-20-5-3-19(4-6-20)7-8-22-21/h1-2,9,21H,3-8,10,18H2. The third-order valence-electron chi connectivity index (χ3n) is 3.80. The summed E-state index contributed by atoms with van der Waals surface area (Å²) >= 11 is 0.813. The second kappa shape index (κ2) is 7.54. The maximum atomic E-state index is 13.1. The van der Waals surface area contributed by atoms with Crippen LogP contribution in [0.2, 0.25) is 0 Å². The Balaban J connectivity index is 1.98. The number of hydrogen-bond acceptors (Lipinski definition) is 5. The minimum absolute atomic E-state index is 0.127. The molecular formula is C14H20F3N3OS. The van der Waals surface area contributed by atoms with Gasteiger partial charge in [0.1, 0.15) is 0 Å². The molecule has 1 aromatic carbocycles. The van der Waals surface area contributed by atoms with Crippen LogP contribution in [0.4, 0.5) is 18.9 Å². The largest absolute Gasteiger partial charge is 0.416 e. The van der Waals surface area contributed by atoms with Gasteiger partial charge in [0, 0.05) is 50.7 Å². The minimum atomic E-state index is -4.38. The van der Waals surface area contributed by atoms with Gasteiger partial charge in [-0.05, 0) is 29.7 Å². The molecule has 0 unspecified atom stereocenters. The normalized spacial score (nSPS) is 17.8. The molecule has 0 radical (unpaired) electrons. The second-order valence-corrected chi connectivity index (χ2v) is 6.03. The summed E-state index contributed by atoms with van der Waals surface area (Å²) in [5.41, 5.74) is 5.22. The zero-order valence-electron chi connectivity index (χ0n) is 12.1. The summed E-state index contributed by atoms with van der Waals surface area (Å²) in [6, 6.07) is 3.98. The van der Waals surface area contributed by atoms with Crippen LogP contribution in [-0.2, 0) is 12.7 Å². The van der Waals surface area contributed by atoms with Crippen LogP contribution in [0.1, 0.15) is 11.1 Å². The molecule has 0 saturated carbocycles. The Hall–Kier alpha value is -0.960. The van der Waals surface area contributed by atoms with Gasteiger partial charge in [0.2, 0.25) is 0 Å². The van der Waals surface area contributed by atoms with Crippen LogP contribution < -0.4 is 5.73 Å². The number of benzene rings is 1. The van der Waals surface area contributed by atoms with E-state index in [9.17, 15) is 13.2 Å². The number of piperazine rings is 1. The average Bonchev–Trinajstić information content (AvgIpc) is 2.47. The monoisotopic (exact) mass is 335 g/mol. The molecule has 0 aromatic heterocycles. The fourth-order valence-corrected chi connectivity index (χ4v) is 2.92. The Kier molecular flexibility index (Phi) is 5.96. The molecule has 1 aliphatic heterocycles. The van der Waals surface area contributed by atoms with E-state index in [0.717, 1.165) is 50.8 Å². The SMILES string of the molecule is Nc1ccc(CN2CCN(CCSO)CC2)c(C(F)(F)F)c1. The quantitative estimate of drug-likeness (QED) is 0.640. The summed E-state index contributed by atoms with van der Waals surface area (Å²) in [4.78, 5) is 4.22. The molecule has 1 heterocycles. The van der Waals surface area contributed by atoms with E-state index in [1.807, 2.05) is 4.90 Å². The average molecular weight is 335 g/mol. The van der Waals surface area contributed by atoms with E-state index in [4.69, 9.17) is 10.3 Å². The van der Waals surface area contributed by atoms with E-state index in [1.54, 1.807) is 0 Å². The molecule has 0 amide bonds. The van der Waals surface area contributed by atoms with Gasteiger partial charge in [-0.1, -0.05) is 6.07 Å². The Morgan fingerprint density at radius 3 is 2.36 bits per heavy atom.